The van der Waals surface area contributed by atoms with Crippen molar-refractivity contribution in [3.8, 4) is 5.75 Å². The van der Waals surface area contributed by atoms with Crippen LogP contribution in [-0.4, -0.2) is 13.0 Å². The van der Waals surface area contributed by atoms with Gasteiger partial charge in [0.25, 0.3) is 0 Å². The van der Waals surface area contributed by atoms with Crippen molar-refractivity contribution in [3.63, 3.8) is 0 Å². The van der Waals surface area contributed by atoms with Gasteiger partial charge in [0.05, 0.1) is 13.2 Å². The second-order valence-electron chi connectivity index (χ2n) is 5.35. The Hall–Kier alpha value is -2.07. The molecule has 0 fully saturated rings. The lowest BCUT2D eigenvalue weighted by Crippen LogP contribution is -2.30. The van der Waals surface area contributed by atoms with E-state index in [0.29, 0.717) is 5.92 Å². The minimum Gasteiger partial charge on any atom is -0.497 e. The molecular weight excluding hydrogens is 294 g/mol. The molecule has 2 rings (SSSR count). The monoisotopic (exact) mass is 315 g/mol. The van der Waals surface area contributed by atoms with E-state index in [1.54, 1.807) is 24.5 Å². The van der Waals surface area contributed by atoms with Gasteiger partial charge in [0, 0.05) is 11.0 Å². The molecule has 0 radical (unpaired) electrons. The van der Waals surface area contributed by atoms with Crippen LogP contribution in [0.4, 0.5) is 0 Å². The van der Waals surface area contributed by atoms with Crippen LogP contribution >= 0.6 is 11.3 Å². The largest absolute Gasteiger partial charge is 0.497 e. The molecule has 1 aromatic heterocycles. The van der Waals surface area contributed by atoms with Crippen LogP contribution in [-0.2, 0) is 4.79 Å². The van der Waals surface area contributed by atoms with Crippen LogP contribution in [0.1, 0.15) is 30.3 Å². The molecule has 2 aromatic rings. The molecule has 1 amide bonds. The third-order valence-electron chi connectivity index (χ3n) is 3.38. The van der Waals surface area contributed by atoms with E-state index in [9.17, 15) is 4.79 Å². The Morgan fingerprint density at radius 1 is 1.23 bits per heavy atom. The van der Waals surface area contributed by atoms with Crippen molar-refractivity contribution in [2.45, 2.75) is 19.9 Å². The summed E-state index contributed by atoms with van der Waals surface area (Å²) in [5.74, 6) is 1.03. The van der Waals surface area contributed by atoms with Crippen LogP contribution in [0.25, 0.3) is 6.08 Å². The molecule has 22 heavy (non-hydrogen) atoms. The van der Waals surface area contributed by atoms with Gasteiger partial charge >= 0.3 is 0 Å². The van der Waals surface area contributed by atoms with Gasteiger partial charge in [-0.15, -0.1) is 11.3 Å². The molecule has 0 unspecified atom stereocenters. The van der Waals surface area contributed by atoms with Crippen molar-refractivity contribution >= 4 is 23.3 Å². The number of nitrogens with one attached hydrogen (secondary N) is 1. The molecule has 0 saturated carbocycles. The van der Waals surface area contributed by atoms with Gasteiger partial charge in [0.1, 0.15) is 5.75 Å². The highest BCUT2D eigenvalue weighted by Crippen LogP contribution is 2.24. The molecule has 1 N–H and O–H groups in total. The molecule has 1 atom stereocenters. The summed E-state index contributed by atoms with van der Waals surface area (Å²) in [5.41, 5.74) is 1.08. The van der Waals surface area contributed by atoms with Crippen molar-refractivity contribution in [2.24, 2.45) is 5.92 Å². The van der Waals surface area contributed by atoms with Gasteiger partial charge in [-0.05, 0) is 41.1 Å². The highest BCUT2D eigenvalue weighted by atomic mass is 32.1. The van der Waals surface area contributed by atoms with E-state index in [2.05, 4.69) is 19.2 Å². The van der Waals surface area contributed by atoms with Crippen molar-refractivity contribution in [1.82, 2.24) is 5.32 Å². The van der Waals surface area contributed by atoms with Gasteiger partial charge in [-0.2, -0.15) is 0 Å². The summed E-state index contributed by atoms with van der Waals surface area (Å²) in [7, 11) is 1.64. The van der Waals surface area contributed by atoms with E-state index >= 15 is 0 Å². The lowest BCUT2D eigenvalue weighted by Gasteiger charge is -2.22. The van der Waals surface area contributed by atoms with Crippen LogP contribution in [0.2, 0.25) is 0 Å². The molecule has 0 aliphatic heterocycles. The van der Waals surface area contributed by atoms with Crippen LogP contribution in [0.15, 0.2) is 47.9 Å². The number of benzene rings is 1. The maximum atomic E-state index is 12.1. The fourth-order valence-electron chi connectivity index (χ4n) is 2.19. The molecule has 0 saturated heterocycles. The number of amides is 1. The minimum absolute atomic E-state index is 0.0219. The molecule has 116 valence electrons. The molecule has 0 aliphatic carbocycles. The summed E-state index contributed by atoms with van der Waals surface area (Å²) in [6.45, 7) is 4.19. The molecular formula is C18H21NO2S. The summed E-state index contributed by atoms with van der Waals surface area (Å²) >= 11 is 1.61. The lowest BCUT2D eigenvalue weighted by atomic mass is 9.96. The number of rotatable bonds is 6. The maximum absolute atomic E-state index is 12.1. The number of methoxy groups -OCH3 is 1. The summed E-state index contributed by atoms with van der Waals surface area (Å²) in [5, 5.41) is 5.06. The Kier molecular flexibility index (Phi) is 5.78. The number of hydrogen-bond donors (Lipinski definition) is 1. The van der Waals surface area contributed by atoms with E-state index in [1.807, 2.05) is 47.9 Å². The zero-order chi connectivity index (χ0) is 15.9. The number of thiophene rings is 1. The van der Waals surface area contributed by atoms with E-state index in [1.165, 1.54) is 0 Å². The lowest BCUT2D eigenvalue weighted by molar-refractivity contribution is -0.117. The van der Waals surface area contributed by atoms with Gasteiger partial charge in [-0.3, -0.25) is 4.79 Å². The van der Waals surface area contributed by atoms with E-state index in [-0.39, 0.29) is 11.9 Å². The second-order valence-corrected chi connectivity index (χ2v) is 6.33. The third-order valence-corrected chi connectivity index (χ3v) is 4.22. The number of hydrogen-bond acceptors (Lipinski definition) is 3. The van der Waals surface area contributed by atoms with Gasteiger partial charge in [-0.25, -0.2) is 0 Å². The van der Waals surface area contributed by atoms with E-state index in [0.717, 1.165) is 16.2 Å². The van der Waals surface area contributed by atoms with Crippen LogP contribution in [0.5, 0.6) is 5.75 Å². The first-order valence-corrected chi connectivity index (χ1v) is 8.14. The Balaban J connectivity index is 2.06. The first kappa shape index (κ1) is 16.3. The molecule has 0 aliphatic rings. The van der Waals surface area contributed by atoms with Gasteiger partial charge in [0.2, 0.25) is 5.91 Å². The smallest absolute Gasteiger partial charge is 0.244 e. The molecule has 0 spiro atoms. The van der Waals surface area contributed by atoms with Gasteiger partial charge in [-0.1, -0.05) is 32.0 Å². The molecule has 0 bridgehead atoms. The standard InChI is InChI=1S/C18H21NO2S/c1-13(2)18(14-6-8-15(21-3)9-7-14)19-17(20)11-10-16-5-4-12-22-16/h4-13,18H,1-3H3,(H,19,20)/b11-10+/t18-/m1/s1. The number of carbonyl (C=O) groups excluding carboxylic acids is 1. The first-order chi connectivity index (χ1) is 10.6. The SMILES string of the molecule is COc1ccc([C@H](NC(=O)/C=C/c2cccs2)C(C)C)cc1. The quantitative estimate of drug-likeness (QED) is 0.808. The molecule has 1 heterocycles. The van der Waals surface area contributed by atoms with Crippen molar-refractivity contribution < 1.29 is 9.53 Å². The van der Waals surface area contributed by atoms with Crippen LogP contribution in [0, 0.1) is 5.92 Å². The normalized spacial score (nSPS) is 12.5. The second kappa shape index (κ2) is 7.80. The zero-order valence-corrected chi connectivity index (χ0v) is 13.9. The minimum atomic E-state index is -0.0806. The Labute approximate surface area is 135 Å². The Morgan fingerprint density at radius 2 is 1.95 bits per heavy atom. The number of ether oxygens (including phenoxy) is 1. The highest BCUT2D eigenvalue weighted by molar-refractivity contribution is 7.10. The maximum Gasteiger partial charge on any atom is 0.244 e. The van der Waals surface area contributed by atoms with Crippen molar-refractivity contribution in [3.05, 3.63) is 58.3 Å². The van der Waals surface area contributed by atoms with E-state index < -0.39 is 0 Å². The summed E-state index contributed by atoms with van der Waals surface area (Å²) in [4.78, 5) is 13.2. The number of carbonyl (C=O) groups is 1. The fourth-order valence-corrected chi connectivity index (χ4v) is 2.81. The van der Waals surface area contributed by atoms with Gasteiger partial charge in [0.15, 0.2) is 0 Å². The molecule has 3 nitrogen and oxygen atoms in total. The highest BCUT2D eigenvalue weighted by Gasteiger charge is 2.17. The van der Waals surface area contributed by atoms with E-state index in [4.69, 9.17) is 4.74 Å². The Morgan fingerprint density at radius 3 is 2.50 bits per heavy atom. The average Bonchev–Trinajstić information content (AvgIpc) is 3.04. The summed E-state index contributed by atoms with van der Waals surface area (Å²) in [6.07, 6.45) is 3.43. The van der Waals surface area contributed by atoms with Crippen LogP contribution < -0.4 is 10.1 Å². The predicted octanol–water partition coefficient (Wildman–Crippen LogP) is 4.28. The van der Waals surface area contributed by atoms with Crippen molar-refractivity contribution in [1.29, 1.82) is 0 Å². The Bertz CT molecular complexity index is 615. The van der Waals surface area contributed by atoms with Gasteiger partial charge < -0.3 is 10.1 Å². The topological polar surface area (TPSA) is 38.3 Å². The first-order valence-electron chi connectivity index (χ1n) is 7.26. The van der Waals surface area contributed by atoms with Crippen LogP contribution in [0.3, 0.4) is 0 Å². The molecule has 1 aromatic carbocycles. The summed E-state index contributed by atoms with van der Waals surface area (Å²) < 4.78 is 5.17. The summed E-state index contributed by atoms with van der Waals surface area (Å²) in [6, 6.07) is 11.7. The average molecular weight is 315 g/mol. The predicted molar refractivity (Wildman–Crippen MR) is 92.1 cm³/mol. The molecule has 4 heteroatoms. The van der Waals surface area contributed by atoms with Crippen molar-refractivity contribution in [2.75, 3.05) is 7.11 Å². The fraction of sp³-hybridized carbons (Fsp3) is 0.278. The zero-order valence-electron chi connectivity index (χ0n) is 13.1. The third kappa shape index (κ3) is 4.46.